The molecule has 74 valence electrons. The minimum atomic E-state index is -0.137. The van der Waals surface area contributed by atoms with Crippen molar-refractivity contribution >= 4 is 17.3 Å². The summed E-state index contributed by atoms with van der Waals surface area (Å²) in [5.41, 5.74) is 8.23. The molecule has 0 heterocycles. The van der Waals surface area contributed by atoms with Crippen LogP contribution in [0.5, 0.6) is 0 Å². The van der Waals surface area contributed by atoms with E-state index in [1.807, 2.05) is 19.9 Å². The molecule has 0 amide bonds. The minimum absolute atomic E-state index is 0.137. The fraction of sp³-hybridized carbons (Fsp3) is 0.364. The van der Waals surface area contributed by atoms with Gasteiger partial charge in [-0.15, -0.1) is 0 Å². The number of anilines is 1. The van der Waals surface area contributed by atoms with Crippen molar-refractivity contribution in [1.29, 1.82) is 5.26 Å². The zero-order chi connectivity index (χ0) is 10.7. The predicted molar refractivity (Wildman–Crippen MR) is 59.2 cm³/mol. The summed E-state index contributed by atoms with van der Waals surface area (Å²) in [6.45, 7) is 3.88. The largest absolute Gasteiger partial charge is 0.398 e. The van der Waals surface area contributed by atoms with Gasteiger partial charge in [0.05, 0.1) is 12.0 Å². The summed E-state index contributed by atoms with van der Waals surface area (Å²) in [6, 6.07) is 5.84. The van der Waals surface area contributed by atoms with Crippen LogP contribution in [0, 0.1) is 18.3 Å². The molecule has 1 unspecified atom stereocenters. The Labute approximate surface area is 89.3 Å². The van der Waals surface area contributed by atoms with E-state index in [1.54, 1.807) is 6.07 Å². The summed E-state index contributed by atoms with van der Waals surface area (Å²) in [6.07, 6.45) is 0.763. The van der Waals surface area contributed by atoms with Crippen LogP contribution in [-0.2, 0) is 0 Å². The van der Waals surface area contributed by atoms with E-state index in [-0.39, 0.29) is 5.92 Å². The summed E-state index contributed by atoms with van der Waals surface area (Å²) >= 11 is 6.02. The fourth-order valence-corrected chi connectivity index (χ4v) is 1.67. The van der Waals surface area contributed by atoms with Crippen molar-refractivity contribution in [2.45, 2.75) is 26.2 Å². The Morgan fingerprint density at radius 1 is 1.57 bits per heavy atom. The SMILES string of the molecule is CCC(C#N)c1cc(C)c(N)cc1Cl. The highest BCUT2D eigenvalue weighted by Crippen LogP contribution is 2.30. The van der Waals surface area contributed by atoms with Crippen molar-refractivity contribution < 1.29 is 0 Å². The van der Waals surface area contributed by atoms with Gasteiger partial charge in [-0.1, -0.05) is 24.6 Å². The summed E-state index contributed by atoms with van der Waals surface area (Å²) in [5.74, 6) is -0.137. The molecule has 1 atom stereocenters. The second-order valence-corrected chi connectivity index (χ2v) is 3.73. The van der Waals surface area contributed by atoms with Crippen molar-refractivity contribution in [3.63, 3.8) is 0 Å². The van der Waals surface area contributed by atoms with Crippen LogP contribution in [0.4, 0.5) is 5.69 Å². The lowest BCUT2D eigenvalue weighted by molar-refractivity contribution is 0.818. The molecule has 0 aromatic heterocycles. The third-order valence-corrected chi connectivity index (χ3v) is 2.65. The van der Waals surface area contributed by atoms with Crippen LogP contribution in [0.15, 0.2) is 12.1 Å². The molecule has 1 rings (SSSR count). The monoisotopic (exact) mass is 208 g/mol. The molecule has 0 bridgehead atoms. The second kappa shape index (κ2) is 4.34. The molecule has 2 nitrogen and oxygen atoms in total. The summed E-state index contributed by atoms with van der Waals surface area (Å²) in [4.78, 5) is 0. The van der Waals surface area contributed by atoms with Gasteiger partial charge in [-0.25, -0.2) is 0 Å². The van der Waals surface area contributed by atoms with Crippen LogP contribution in [0.25, 0.3) is 0 Å². The maximum absolute atomic E-state index is 8.92. The Bertz CT molecular complexity index is 380. The van der Waals surface area contributed by atoms with Gasteiger partial charge in [0.25, 0.3) is 0 Å². The van der Waals surface area contributed by atoms with Crippen LogP contribution in [0.2, 0.25) is 5.02 Å². The Morgan fingerprint density at radius 3 is 2.71 bits per heavy atom. The molecule has 14 heavy (non-hydrogen) atoms. The number of hydrogen-bond acceptors (Lipinski definition) is 2. The zero-order valence-corrected chi connectivity index (χ0v) is 9.10. The van der Waals surface area contributed by atoms with E-state index in [1.165, 1.54) is 0 Å². The predicted octanol–water partition coefficient (Wildman–Crippen LogP) is 3.25. The van der Waals surface area contributed by atoms with Gasteiger partial charge in [-0.3, -0.25) is 0 Å². The van der Waals surface area contributed by atoms with E-state index in [0.717, 1.165) is 17.5 Å². The highest BCUT2D eigenvalue weighted by molar-refractivity contribution is 6.31. The van der Waals surface area contributed by atoms with Crippen LogP contribution >= 0.6 is 11.6 Å². The number of rotatable bonds is 2. The minimum Gasteiger partial charge on any atom is -0.398 e. The summed E-state index contributed by atoms with van der Waals surface area (Å²) in [5, 5.41) is 9.51. The van der Waals surface area contributed by atoms with E-state index >= 15 is 0 Å². The maximum Gasteiger partial charge on any atom is 0.0724 e. The molecule has 0 aliphatic carbocycles. The van der Waals surface area contributed by atoms with Gasteiger partial charge in [0.1, 0.15) is 0 Å². The highest BCUT2D eigenvalue weighted by Gasteiger charge is 2.13. The topological polar surface area (TPSA) is 49.8 Å². The number of nitrogens with two attached hydrogens (primary N) is 1. The molecule has 1 aromatic rings. The van der Waals surface area contributed by atoms with Gasteiger partial charge < -0.3 is 5.73 Å². The smallest absolute Gasteiger partial charge is 0.0724 e. The third-order valence-electron chi connectivity index (χ3n) is 2.32. The lowest BCUT2D eigenvalue weighted by Gasteiger charge is -2.11. The van der Waals surface area contributed by atoms with Gasteiger partial charge in [-0.05, 0) is 30.5 Å². The van der Waals surface area contributed by atoms with Crippen LogP contribution in [0.3, 0.4) is 0 Å². The average molecular weight is 209 g/mol. The van der Waals surface area contributed by atoms with Crippen LogP contribution < -0.4 is 5.73 Å². The van der Waals surface area contributed by atoms with E-state index < -0.39 is 0 Å². The van der Waals surface area contributed by atoms with Gasteiger partial charge in [0.15, 0.2) is 0 Å². The molecule has 0 aliphatic rings. The molecular weight excluding hydrogens is 196 g/mol. The number of nitrogens with zero attached hydrogens (tertiary/aromatic N) is 1. The van der Waals surface area contributed by atoms with Crippen molar-refractivity contribution in [2.75, 3.05) is 5.73 Å². The van der Waals surface area contributed by atoms with Crippen molar-refractivity contribution in [3.8, 4) is 6.07 Å². The first-order valence-corrected chi connectivity index (χ1v) is 4.93. The Kier molecular flexibility index (Phi) is 3.38. The Morgan fingerprint density at radius 2 is 2.21 bits per heavy atom. The number of nitriles is 1. The van der Waals surface area contributed by atoms with Gasteiger partial charge in [-0.2, -0.15) is 5.26 Å². The van der Waals surface area contributed by atoms with Crippen LogP contribution in [0.1, 0.15) is 30.4 Å². The Balaban J connectivity index is 3.22. The number of benzene rings is 1. The van der Waals surface area contributed by atoms with Crippen molar-refractivity contribution in [2.24, 2.45) is 0 Å². The van der Waals surface area contributed by atoms with E-state index in [0.29, 0.717) is 10.7 Å². The van der Waals surface area contributed by atoms with Gasteiger partial charge >= 0.3 is 0 Å². The first kappa shape index (κ1) is 10.9. The van der Waals surface area contributed by atoms with E-state index in [4.69, 9.17) is 22.6 Å². The molecule has 0 aliphatic heterocycles. The Hall–Kier alpha value is -1.20. The third kappa shape index (κ3) is 2.00. The first-order valence-electron chi connectivity index (χ1n) is 4.55. The zero-order valence-electron chi connectivity index (χ0n) is 8.34. The second-order valence-electron chi connectivity index (χ2n) is 3.32. The molecule has 0 saturated heterocycles. The van der Waals surface area contributed by atoms with Crippen molar-refractivity contribution in [1.82, 2.24) is 0 Å². The van der Waals surface area contributed by atoms with E-state index in [9.17, 15) is 0 Å². The summed E-state index contributed by atoms with van der Waals surface area (Å²) in [7, 11) is 0. The maximum atomic E-state index is 8.92. The molecule has 0 radical (unpaired) electrons. The lowest BCUT2D eigenvalue weighted by Crippen LogP contribution is -1.98. The first-order chi connectivity index (χ1) is 6.60. The van der Waals surface area contributed by atoms with Gasteiger partial charge in [0.2, 0.25) is 0 Å². The number of aryl methyl sites for hydroxylation is 1. The van der Waals surface area contributed by atoms with E-state index in [2.05, 4.69) is 6.07 Å². The standard InChI is InChI=1S/C11H13ClN2/c1-3-8(6-13)9-4-7(2)11(14)5-10(9)12/h4-5,8H,3,14H2,1-2H3. The average Bonchev–Trinajstić information content (AvgIpc) is 2.15. The molecule has 1 aromatic carbocycles. The number of nitrogen functional groups attached to an aromatic ring is 1. The number of halogens is 1. The molecule has 0 saturated carbocycles. The van der Waals surface area contributed by atoms with Crippen molar-refractivity contribution in [3.05, 3.63) is 28.3 Å². The van der Waals surface area contributed by atoms with Gasteiger partial charge in [0, 0.05) is 10.7 Å². The molecule has 3 heteroatoms. The molecule has 0 spiro atoms. The molecule has 2 N–H and O–H groups in total. The summed E-state index contributed by atoms with van der Waals surface area (Å²) < 4.78 is 0. The lowest BCUT2D eigenvalue weighted by atomic mass is 9.96. The fourth-order valence-electron chi connectivity index (χ4n) is 1.37. The molecular formula is C11H13ClN2. The molecule has 0 fully saturated rings. The highest BCUT2D eigenvalue weighted by atomic mass is 35.5. The quantitative estimate of drug-likeness (QED) is 0.759. The number of hydrogen-bond donors (Lipinski definition) is 1. The van der Waals surface area contributed by atoms with Crippen LogP contribution in [-0.4, -0.2) is 0 Å². The normalized spacial score (nSPS) is 12.1.